The van der Waals surface area contributed by atoms with Crippen molar-refractivity contribution in [3.63, 3.8) is 0 Å². The van der Waals surface area contributed by atoms with Crippen LogP contribution in [-0.4, -0.2) is 6.85 Å². The van der Waals surface area contributed by atoms with Crippen molar-refractivity contribution in [1.82, 2.24) is 0 Å². The zero-order chi connectivity index (χ0) is 43.4. The molecule has 2 aliphatic carbocycles. The molecule has 0 unspecified atom stereocenters. The summed E-state index contributed by atoms with van der Waals surface area (Å²) in [5.74, 6) is 7.70. The fourth-order valence-electron chi connectivity index (χ4n) is 12.7. The summed E-state index contributed by atoms with van der Waals surface area (Å²) < 4.78 is 3.93. The van der Waals surface area contributed by atoms with Gasteiger partial charge in [-0.1, -0.05) is 167 Å². The van der Waals surface area contributed by atoms with E-state index in [1.54, 1.807) is 0 Å². The van der Waals surface area contributed by atoms with Crippen LogP contribution in [0.1, 0.15) is 69.2 Å². The summed E-state index contributed by atoms with van der Waals surface area (Å²) in [7, 11) is 0. The zero-order valence-electron chi connectivity index (χ0n) is 37.0. The Balaban J connectivity index is 1.17. The van der Waals surface area contributed by atoms with Gasteiger partial charge in [-0.15, -0.1) is 22.7 Å². The molecule has 65 heavy (non-hydrogen) atoms. The van der Waals surface area contributed by atoms with Crippen molar-refractivity contribution in [2.24, 2.45) is 10.8 Å². The minimum Gasteiger partial charge on any atom is -0.376 e. The minimum absolute atomic E-state index is 0.0302. The van der Waals surface area contributed by atoms with Crippen molar-refractivity contribution in [2.75, 3.05) is 9.71 Å². The average molecular weight is 869 g/mol. The van der Waals surface area contributed by atoms with Crippen LogP contribution < -0.4 is 20.6 Å². The molecule has 310 valence electrons. The van der Waals surface area contributed by atoms with E-state index in [2.05, 4.69) is 213 Å². The van der Waals surface area contributed by atoms with E-state index in [1.807, 2.05) is 22.7 Å². The molecular formula is C60H45BN2S2. The van der Waals surface area contributed by atoms with Crippen LogP contribution in [0.3, 0.4) is 0 Å². The maximum absolute atomic E-state index is 3.90. The molecule has 7 aromatic carbocycles. The molecule has 9 aromatic rings. The van der Waals surface area contributed by atoms with Crippen LogP contribution in [0.4, 0.5) is 22.1 Å². The van der Waals surface area contributed by atoms with Crippen LogP contribution in [-0.2, 0) is 5.41 Å². The second-order valence-corrected chi connectivity index (χ2v) is 22.1. The Hall–Kier alpha value is -6.58. The summed E-state index contributed by atoms with van der Waals surface area (Å²) in [5, 5.41) is 5.23. The molecule has 0 saturated heterocycles. The van der Waals surface area contributed by atoms with E-state index in [9.17, 15) is 0 Å². The highest BCUT2D eigenvalue weighted by molar-refractivity contribution is 7.27. The molecule has 0 N–H and O–H groups in total. The van der Waals surface area contributed by atoms with E-state index in [-0.39, 0.29) is 17.7 Å². The van der Waals surface area contributed by atoms with Gasteiger partial charge in [0, 0.05) is 48.2 Å². The molecule has 0 amide bonds. The van der Waals surface area contributed by atoms with E-state index < -0.39 is 5.41 Å². The average Bonchev–Trinajstić information content (AvgIpc) is 3.81. The van der Waals surface area contributed by atoms with Crippen molar-refractivity contribution in [2.45, 2.75) is 52.4 Å². The van der Waals surface area contributed by atoms with E-state index in [0.717, 1.165) is 18.5 Å². The summed E-state index contributed by atoms with van der Waals surface area (Å²) in [4.78, 5) is 5.42. The van der Waals surface area contributed by atoms with Crippen LogP contribution in [0.2, 0.25) is 0 Å². The van der Waals surface area contributed by atoms with Gasteiger partial charge in [-0.3, -0.25) is 4.90 Å². The number of para-hydroxylation sites is 2. The van der Waals surface area contributed by atoms with Crippen molar-refractivity contribution >= 4 is 92.8 Å². The third-order valence-electron chi connectivity index (χ3n) is 15.7. The zero-order valence-corrected chi connectivity index (χ0v) is 38.6. The van der Waals surface area contributed by atoms with Crippen molar-refractivity contribution in [3.05, 3.63) is 203 Å². The van der Waals surface area contributed by atoms with Gasteiger partial charge in [-0.25, -0.2) is 0 Å². The fourth-order valence-corrected chi connectivity index (χ4v) is 15.1. The number of hydrogen-bond donors (Lipinski definition) is 0. The Morgan fingerprint density at radius 2 is 1.22 bits per heavy atom. The summed E-state index contributed by atoms with van der Waals surface area (Å²) in [5.41, 5.74) is 18.0. The number of nitrogens with zero attached hydrogens (tertiary/aromatic N) is 2. The third kappa shape index (κ3) is 4.92. The smallest absolute Gasteiger partial charge is 0.334 e. The van der Waals surface area contributed by atoms with Crippen molar-refractivity contribution in [1.29, 1.82) is 0 Å². The molecule has 5 heterocycles. The van der Waals surface area contributed by atoms with Gasteiger partial charge in [-0.2, -0.15) is 0 Å². The molecule has 14 rings (SSSR count). The number of thiophene rings is 2. The van der Waals surface area contributed by atoms with E-state index in [1.165, 1.54) is 114 Å². The van der Waals surface area contributed by atoms with Crippen LogP contribution in [0.5, 0.6) is 0 Å². The molecule has 0 atom stereocenters. The van der Waals surface area contributed by atoms with Gasteiger partial charge in [0.05, 0.1) is 21.8 Å². The van der Waals surface area contributed by atoms with E-state index >= 15 is 0 Å². The maximum Gasteiger partial charge on any atom is 0.334 e. The first-order valence-corrected chi connectivity index (χ1v) is 24.8. The number of benzene rings is 7. The van der Waals surface area contributed by atoms with Crippen molar-refractivity contribution in [3.8, 4) is 23.0 Å². The second-order valence-electron chi connectivity index (χ2n) is 20.0. The Kier molecular flexibility index (Phi) is 7.70. The number of hydrogen-bond acceptors (Lipinski definition) is 4. The van der Waals surface area contributed by atoms with E-state index in [0.29, 0.717) is 0 Å². The lowest BCUT2D eigenvalue weighted by Gasteiger charge is -2.52. The normalized spacial score (nSPS) is 18.0. The monoisotopic (exact) mass is 868 g/mol. The molecule has 5 aliphatic rings. The number of anilines is 4. The van der Waals surface area contributed by atoms with Gasteiger partial charge in [0.15, 0.2) is 0 Å². The molecule has 0 bridgehead atoms. The number of allylic oxidation sites excluding steroid dienone is 4. The lowest BCUT2D eigenvalue weighted by molar-refractivity contribution is 0.264. The molecule has 2 aromatic heterocycles. The first-order valence-electron chi connectivity index (χ1n) is 23.1. The standard InChI is InChI=1S/C60H45BN2S2/c1-58(2)33-34-59(3,4)47-35-39(23-17-28-44(47)58)62-56-52-41-24-11-15-31-49(41)64-51(52)36-43-40-26-18-29-46-55(40)63(61(53(43)56)54-42-25-12-16-32-50(42)65-57(54)62)48-30-14-13-27-45(48)60(46,37-19-7-5-8-20-37)38-21-9-6-10-22-38/h5-16,18-22,24-27,29-32,35-36H,28,33-34H2,1-4H3. The summed E-state index contributed by atoms with van der Waals surface area (Å²) >= 11 is 3.86. The van der Waals surface area contributed by atoms with Crippen LogP contribution in [0.25, 0.3) is 41.4 Å². The van der Waals surface area contributed by atoms with E-state index in [4.69, 9.17) is 0 Å². The predicted molar refractivity (Wildman–Crippen MR) is 278 cm³/mol. The largest absolute Gasteiger partial charge is 0.376 e. The Bertz CT molecular complexity index is 3630. The summed E-state index contributed by atoms with van der Waals surface area (Å²) in [6.07, 6.45) is 5.66. The Labute approximate surface area is 389 Å². The predicted octanol–water partition coefficient (Wildman–Crippen LogP) is 14.8. The third-order valence-corrected chi connectivity index (χ3v) is 18.0. The topological polar surface area (TPSA) is 6.48 Å². The lowest BCUT2D eigenvalue weighted by atomic mass is 9.42. The molecule has 0 spiro atoms. The number of fused-ring (bicyclic) bond motifs is 12. The van der Waals surface area contributed by atoms with Gasteiger partial charge >= 0.3 is 6.85 Å². The Morgan fingerprint density at radius 3 is 1.98 bits per heavy atom. The van der Waals surface area contributed by atoms with Gasteiger partial charge in [-0.05, 0) is 115 Å². The highest BCUT2D eigenvalue weighted by Crippen LogP contribution is 2.62. The van der Waals surface area contributed by atoms with Crippen LogP contribution in [0.15, 0.2) is 181 Å². The molecule has 2 nitrogen and oxygen atoms in total. The quantitative estimate of drug-likeness (QED) is 0.129. The highest BCUT2D eigenvalue weighted by atomic mass is 32.1. The summed E-state index contributed by atoms with van der Waals surface area (Å²) in [6, 6.07) is 59.8. The highest BCUT2D eigenvalue weighted by Gasteiger charge is 2.55. The molecule has 0 radical (unpaired) electrons. The SMILES string of the molecule is CC1(C)CCC(C)(C)C2=C1C=C(N1c3sc4ccccc4c3B3c4c(cc5sc6ccccc6c5c41)-c1cccc4c1N3c1ccccc1C4(c1ccccc1)c1ccccc1)C#CC2. The van der Waals surface area contributed by atoms with Gasteiger partial charge < -0.3 is 4.81 Å². The molecular weight excluding hydrogens is 824 g/mol. The molecule has 5 heteroatoms. The lowest BCUT2D eigenvalue weighted by Crippen LogP contribution is -2.63. The van der Waals surface area contributed by atoms with Crippen LogP contribution >= 0.6 is 22.7 Å². The first-order chi connectivity index (χ1) is 31.8. The number of rotatable bonds is 3. The maximum atomic E-state index is 3.90. The molecule has 0 fully saturated rings. The molecule has 0 saturated carbocycles. The first kappa shape index (κ1) is 37.8. The summed E-state index contributed by atoms with van der Waals surface area (Å²) in [6.45, 7) is 9.68. The minimum atomic E-state index is -0.560. The van der Waals surface area contributed by atoms with Crippen LogP contribution in [0, 0.1) is 22.7 Å². The van der Waals surface area contributed by atoms with Gasteiger partial charge in [0.25, 0.3) is 0 Å². The second kappa shape index (κ2) is 13.3. The van der Waals surface area contributed by atoms with Gasteiger partial charge in [0.1, 0.15) is 0 Å². The Morgan fingerprint density at radius 1 is 0.569 bits per heavy atom. The van der Waals surface area contributed by atoms with Crippen molar-refractivity contribution < 1.29 is 0 Å². The van der Waals surface area contributed by atoms with Gasteiger partial charge in [0.2, 0.25) is 0 Å². The fraction of sp³-hybridized carbons (Fsp3) is 0.167. The molecule has 3 aliphatic heterocycles.